The summed E-state index contributed by atoms with van der Waals surface area (Å²) in [6, 6.07) is 11.8. The third-order valence-corrected chi connectivity index (χ3v) is 5.12. The number of hydrogen-bond donors (Lipinski definition) is 2. The van der Waals surface area contributed by atoms with Crippen molar-refractivity contribution < 1.29 is 14.4 Å². The second-order valence-corrected chi connectivity index (χ2v) is 7.55. The van der Waals surface area contributed by atoms with Gasteiger partial charge in [-0.25, -0.2) is 0 Å². The highest BCUT2D eigenvalue weighted by molar-refractivity contribution is 6.37. The molecule has 7 heteroatoms. The Bertz CT molecular complexity index is 920. The molecule has 0 aliphatic heterocycles. The van der Waals surface area contributed by atoms with Crippen molar-refractivity contribution in [3.8, 4) is 0 Å². The Morgan fingerprint density at radius 2 is 2.07 bits per heavy atom. The number of oxime groups is 1. The van der Waals surface area contributed by atoms with Crippen molar-refractivity contribution in [2.75, 3.05) is 11.9 Å². The van der Waals surface area contributed by atoms with E-state index in [-0.39, 0.29) is 18.6 Å². The van der Waals surface area contributed by atoms with Gasteiger partial charge in [-0.05, 0) is 61.4 Å². The van der Waals surface area contributed by atoms with Crippen LogP contribution in [0.15, 0.2) is 41.6 Å². The van der Waals surface area contributed by atoms with Gasteiger partial charge in [0.05, 0.1) is 16.8 Å². The zero-order valence-corrected chi connectivity index (χ0v) is 17.3. The van der Waals surface area contributed by atoms with Gasteiger partial charge in [-0.2, -0.15) is 0 Å². The van der Waals surface area contributed by atoms with Crippen LogP contribution in [0.25, 0.3) is 0 Å². The van der Waals surface area contributed by atoms with E-state index in [4.69, 9.17) is 16.4 Å². The highest BCUT2D eigenvalue weighted by atomic mass is 35.5. The first-order valence-corrected chi connectivity index (χ1v) is 9.92. The summed E-state index contributed by atoms with van der Waals surface area (Å²) >= 11 is 6.17. The molecular weight excluding hydrogens is 390 g/mol. The molecule has 0 fully saturated rings. The Balaban J connectivity index is 1.47. The summed E-state index contributed by atoms with van der Waals surface area (Å²) in [5, 5.41) is 9.67. The largest absolute Gasteiger partial charge is 0.386 e. The molecule has 2 N–H and O–H groups in total. The monoisotopic (exact) mass is 413 g/mol. The van der Waals surface area contributed by atoms with Gasteiger partial charge >= 0.3 is 0 Å². The zero-order chi connectivity index (χ0) is 20.8. The van der Waals surface area contributed by atoms with Crippen molar-refractivity contribution in [2.24, 2.45) is 5.16 Å². The molecule has 1 atom stereocenters. The summed E-state index contributed by atoms with van der Waals surface area (Å²) < 4.78 is 0. The maximum atomic E-state index is 12.1. The van der Waals surface area contributed by atoms with Crippen LogP contribution in [0.5, 0.6) is 0 Å². The molecule has 0 bridgehead atoms. The number of halogens is 1. The number of carbonyl (C=O) groups is 2. The Kier molecular flexibility index (Phi) is 6.88. The van der Waals surface area contributed by atoms with Crippen molar-refractivity contribution in [3.05, 3.63) is 63.7 Å². The molecule has 0 saturated carbocycles. The van der Waals surface area contributed by atoms with E-state index >= 15 is 0 Å². The Morgan fingerprint density at radius 3 is 2.86 bits per heavy atom. The molecule has 1 aliphatic carbocycles. The summed E-state index contributed by atoms with van der Waals surface area (Å²) in [5.41, 5.74) is 4.81. The van der Waals surface area contributed by atoms with Crippen LogP contribution in [0.1, 0.15) is 41.1 Å². The predicted octanol–water partition coefficient (Wildman–Crippen LogP) is 4.09. The molecule has 3 rings (SSSR count). The SMILES string of the molecule is Cc1cc(C)c(NC(=O)/C=N\OCC(=O)N[C@@H]2CCCc3ccccc32)c(Cl)c1. The first-order valence-electron chi connectivity index (χ1n) is 9.54. The lowest BCUT2D eigenvalue weighted by atomic mass is 9.88. The number of hydrogen-bond acceptors (Lipinski definition) is 4. The molecule has 2 aromatic rings. The van der Waals surface area contributed by atoms with Crippen LogP contribution in [0, 0.1) is 13.8 Å². The second-order valence-electron chi connectivity index (χ2n) is 7.15. The molecule has 0 saturated heterocycles. The average molecular weight is 414 g/mol. The summed E-state index contributed by atoms with van der Waals surface area (Å²) in [7, 11) is 0. The number of rotatable bonds is 6. The Hall–Kier alpha value is -2.86. The third-order valence-electron chi connectivity index (χ3n) is 4.82. The first kappa shape index (κ1) is 20.9. The average Bonchev–Trinajstić information content (AvgIpc) is 2.68. The molecule has 0 radical (unpaired) electrons. The van der Waals surface area contributed by atoms with Crippen molar-refractivity contribution in [1.29, 1.82) is 0 Å². The molecule has 0 spiro atoms. The molecule has 2 amide bonds. The molecule has 1 aliphatic rings. The minimum absolute atomic E-state index is 0.0185. The predicted molar refractivity (Wildman–Crippen MR) is 114 cm³/mol. The van der Waals surface area contributed by atoms with E-state index in [0.29, 0.717) is 10.7 Å². The third kappa shape index (κ3) is 5.57. The van der Waals surface area contributed by atoms with Crippen molar-refractivity contribution in [2.45, 2.75) is 39.2 Å². The van der Waals surface area contributed by atoms with E-state index in [1.54, 1.807) is 6.07 Å². The fourth-order valence-corrected chi connectivity index (χ4v) is 3.92. The van der Waals surface area contributed by atoms with Crippen molar-refractivity contribution in [3.63, 3.8) is 0 Å². The number of nitrogens with zero attached hydrogens (tertiary/aromatic N) is 1. The lowest BCUT2D eigenvalue weighted by Crippen LogP contribution is -2.33. The fourth-order valence-electron chi connectivity index (χ4n) is 3.55. The normalized spacial score (nSPS) is 15.6. The Labute approximate surface area is 175 Å². The lowest BCUT2D eigenvalue weighted by molar-refractivity contribution is -0.126. The number of aryl methyl sites for hydroxylation is 3. The van der Waals surface area contributed by atoms with Gasteiger partial charge in [-0.1, -0.05) is 47.1 Å². The van der Waals surface area contributed by atoms with Crippen LogP contribution < -0.4 is 10.6 Å². The van der Waals surface area contributed by atoms with Crippen LogP contribution in [0.3, 0.4) is 0 Å². The summed E-state index contributed by atoms with van der Waals surface area (Å²) in [6.07, 6.45) is 3.94. The van der Waals surface area contributed by atoms with Crippen molar-refractivity contribution >= 4 is 35.3 Å². The number of benzene rings is 2. The summed E-state index contributed by atoms with van der Waals surface area (Å²) in [6.45, 7) is 3.53. The lowest BCUT2D eigenvalue weighted by Gasteiger charge is -2.26. The van der Waals surface area contributed by atoms with Gasteiger partial charge in [0.15, 0.2) is 6.61 Å². The van der Waals surface area contributed by atoms with Crippen molar-refractivity contribution in [1.82, 2.24) is 5.32 Å². The van der Waals surface area contributed by atoms with E-state index in [2.05, 4.69) is 21.9 Å². The second kappa shape index (κ2) is 9.56. The molecule has 0 heterocycles. The van der Waals surface area contributed by atoms with Gasteiger partial charge in [0.25, 0.3) is 11.8 Å². The highest BCUT2D eigenvalue weighted by Gasteiger charge is 2.21. The quantitative estimate of drug-likeness (QED) is 0.552. The minimum Gasteiger partial charge on any atom is -0.386 e. The standard InChI is InChI=1S/C22H24ClN3O3/c1-14-10-15(2)22(18(23)11-14)26-20(27)12-24-29-13-21(28)25-19-9-5-7-16-6-3-4-8-17(16)19/h3-4,6,8,10-12,19H,5,7,9,13H2,1-2H3,(H,25,28)(H,26,27)/b24-12-/t19-/m1/s1. The van der Waals surface area contributed by atoms with E-state index in [0.717, 1.165) is 42.2 Å². The van der Waals surface area contributed by atoms with Gasteiger partial charge in [0.2, 0.25) is 0 Å². The molecule has 29 heavy (non-hydrogen) atoms. The van der Waals surface area contributed by atoms with Gasteiger partial charge in [0, 0.05) is 0 Å². The Morgan fingerprint density at radius 1 is 1.28 bits per heavy atom. The molecular formula is C22H24ClN3O3. The number of carbonyl (C=O) groups excluding carboxylic acids is 2. The van der Waals surface area contributed by atoms with Gasteiger partial charge in [-0.15, -0.1) is 0 Å². The van der Waals surface area contributed by atoms with E-state index in [1.807, 2.05) is 38.1 Å². The fraction of sp³-hybridized carbons (Fsp3) is 0.318. The molecule has 0 aromatic heterocycles. The number of fused-ring (bicyclic) bond motifs is 1. The smallest absolute Gasteiger partial charge is 0.270 e. The molecule has 2 aromatic carbocycles. The number of nitrogens with one attached hydrogen (secondary N) is 2. The van der Waals surface area contributed by atoms with E-state index < -0.39 is 5.91 Å². The zero-order valence-electron chi connectivity index (χ0n) is 16.5. The number of anilines is 1. The van der Waals surface area contributed by atoms with Crippen LogP contribution in [-0.4, -0.2) is 24.6 Å². The van der Waals surface area contributed by atoms with Crippen LogP contribution in [0.4, 0.5) is 5.69 Å². The molecule has 0 unspecified atom stereocenters. The van der Waals surface area contributed by atoms with E-state index in [9.17, 15) is 9.59 Å². The minimum atomic E-state index is -0.486. The van der Waals surface area contributed by atoms with E-state index in [1.165, 1.54) is 5.56 Å². The maximum absolute atomic E-state index is 12.1. The summed E-state index contributed by atoms with van der Waals surface area (Å²) in [5.74, 6) is -0.762. The van der Waals surface area contributed by atoms with Gasteiger partial charge < -0.3 is 15.5 Å². The van der Waals surface area contributed by atoms with Crippen LogP contribution in [0.2, 0.25) is 5.02 Å². The first-order chi connectivity index (χ1) is 13.9. The topological polar surface area (TPSA) is 79.8 Å². The maximum Gasteiger partial charge on any atom is 0.270 e. The van der Waals surface area contributed by atoms with Crippen LogP contribution in [-0.2, 0) is 20.8 Å². The molecule has 6 nitrogen and oxygen atoms in total. The number of amides is 2. The molecule has 152 valence electrons. The van der Waals surface area contributed by atoms with Gasteiger partial charge in [0.1, 0.15) is 6.21 Å². The van der Waals surface area contributed by atoms with Gasteiger partial charge in [-0.3, -0.25) is 9.59 Å². The summed E-state index contributed by atoms with van der Waals surface area (Å²) in [4.78, 5) is 29.1. The highest BCUT2D eigenvalue weighted by Crippen LogP contribution is 2.29. The van der Waals surface area contributed by atoms with Crippen LogP contribution >= 0.6 is 11.6 Å².